The molecule has 0 atom stereocenters. The summed E-state index contributed by atoms with van der Waals surface area (Å²) >= 11 is 0. The molecule has 3 heterocycles. The summed E-state index contributed by atoms with van der Waals surface area (Å²) in [6.07, 6.45) is 1.50. The van der Waals surface area contributed by atoms with E-state index in [0.717, 1.165) is 0 Å². The number of hydrogen-bond donors (Lipinski definition) is 2. The summed E-state index contributed by atoms with van der Waals surface area (Å²) in [6, 6.07) is 13.3. The van der Waals surface area contributed by atoms with Gasteiger partial charge < -0.3 is 9.73 Å². The van der Waals surface area contributed by atoms with E-state index in [9.17, 15) is 9.59 Å². The van der Waals surface area contributed by atoms with Gasteiger partial charge in [-0.15, -0.1) is 5.10 Å². The van der Waals surface area contributed by atoms with Crippen molar-refractivity contribution < 1.29 is 9.21 Å². The molecule has 0 saturated heterocycles. The zero-order chi connectivity index (χ0) is 16.5. The fourth-order valence-electron chi connectivity index (χ4n) is 2.27. The van der Waals surface area contributed by atoms with Gasteiger partial charge in [0.15, 0.2) is 5.76 Å². The lowest BCUT2D eigenvalue weighted by Gasteiger charge is -2.06. The Morgan fingerprint density at radius 1 is 1.17 bits per heavy atom. The van der Waals surface area contributed by atoms with Crippen LogP contribution in [0.4, 0.5) is 5.82 Å². The van der Waals surface area contributed by atoms with Gasteiger partial charge in [0, 0.05) is 11.6 Å². The van der Waals surface area contributed by atoms with Gasteiger partial charge in [-0.3, -0.25) is 14.6 Å². The summed E-state index contributed by atoms with van der Waals surface area (Å²) in [5.74, 6) is 0.833. The summed E-state index contributed by atoms with van der Waals surface area (Å²) in [7, 11) is 0. The van der Waals surface area contributed by atoms with Crippen LogP contribution in [0, 0.1) is 0 Å². The maximum Gasteiger partial charge on any atom is 0.256 e. The van der Waals surface area contributed by atoms with Crippen LogP contribution in [-0.2, 0) is 0 Å². The summed E-state index contributed by atoms with van der Waals surface area (Å²) < 4.78 is 6.60. The second-order valence-corrected chi connectivity index (χ2v) is 4.99. The van der Waals surface area contributed by atoms with Crippen LogP contribution in [0.1, 0.15) is 10.4 Å². The average Bonchev–Trinajstić information content (AvgIpc) is 3.24. The molecule has 0 aliphatic rings. The number of anilines is 1. The minimum atomic E-state index is -0.399. The third kappa shape index (κ3) is 2.45. The van der Waals surface area contributed by atoms with E-state index < -0.39 is 5.56 Å². The maximum absolute atomic E-state index is 12.3. The molecule has 8 nitrogen and oxygen atoms in total. The van der Waals surface area contributed by atoms with Crippen LogP contribution < -0.4 is 10.9 Å². The van der Waals surface area contributed by atoms with Crippen LogP contribution in [0.3, 0.4) is 0 Å². The fraction of sp³-hybridized carbons (Fsp3) is 0. The standard InChI is InChI=1S/C16H11N5O3/c22-13-9-12(17-15(23)10-5-2-1-3-6-10)21-16(18-13)19-14(20-21)11-7-4-8-24-11/h1-9H,(H,17,23)(H,18,19,20,22). The largest absolute Gasteiger partial charge is 0.461 e. The molecule has 2 N–H and O–H groups in total. The van der Waals surface area contributed by atoms with Crippen LogP contribution in [0.25, 0.3) is 17.4 Å². The van der Waals surface area contributed by atoms with Gasteiger partial charge in [0.25, 0.3) is 11.5 Å². The van der Waals surface area contributed by atoms with E-state index in [-0.39, 0.29) is 17.5 Å². The minimum Gasteiger partial charge on any atom is -0.461 e. The van der Waals surface area contributed by atoms with E-state index in [2.05, 4.69) is 20.4 Å². The topological polar surface area (TPSA) is 105 Å². The summed E-state index contributed by atoms with van der Waals surface area (Å²) in [5.41, 5.74) is 0.0709. The first-order valence-corrected chi connectivity index (χ1v) is 7.11. The first-order valence-electron chi connectivity index (χ1n) is 7.11. The monoisotopic (exact) mass is 321 g/mol. The molecule has 4 rings (SSSR count). The molecule has 3 aromatic heterocycles. The van der Waals surface area contributed by atoms with Gasteiger partial charge in [-0.05, 0) is 24.3 Å². The van der Waals surface area contributed by atoms with Gasteiger partial charge in [0.05, 0.1) is 6.26 Å². The Labute approximate surface area is 134 Å². The molecule has 0 saturated carbocycles. The van der Waals surface area contributed by atoms with Crippen LogP contribution in [0.15, 0.2) is 64.0 Å². The van der Waals surface area contributed by atoms with Crippen LogP contribution in [0.5, 0.6) is 0 Å². The Morgan fingerprint density at radius 3 is 2.75 bits per heavy atom. The molecular formula is C16H11N5O3. The van der Waals surface area contributed by atoms with Crippen LogP contribution in [-0.4, -0.2) is 25.5 Å². The highest BCUT2D eigenvalue weighted by Gasteiger charge is 2.14. The quantitative estimate of drug-likeness (QED) is 0.600. The number of aromatic amines is 1. The molecule has 1 aromatic carbocycles. The van der Waals surface area contributed by atoms with Gasteiger partial charge in [0.2, 0.25) is 11.6 Å². The molecule has 0 bridgehead atoms. The average molecular weight is 321 g/mol. The van der Waals surface area contributed by atoms with Crippen molar-refractivity contribution in [3.8, 4) is 11.6 Å². The molecule has 118 valence electrons. The van der Waals surface area contributed by atoms with E-state index in [1.165, 1.54) is 16.8 Å². The summed E-state index contributed by atoms with van der Waals surface area (Å²) in [5, 5.41) is 6.94. The third-order valence-electron chi connectivity index (χ3n) is 3.36. The van der Waals surface area contributed by atoms with Crippen molar-refractivity contribution in [2.45, 2.75) is 0 Å². The lowest BCUT2D eigenvalue weighted by Crippen LogP contribution is -2.18. The Balaban J connectivity index is 1.77. The second kappa shape index (κ2) is 5.51. The zero-order valence-electron chi connectivity index (χ0n) is 12.3. The van der Waals surface area contributed by atoms with Gasteiger partial charge in [-0.2, -0.15) is 9.50 Å². The van der Waals surface area contributed by atoms with Crippen molar-refractivity contribution in [3.63, 3.8) is 0 Å². The highest BCUT2D eigenvalue weighted by atomic mass is 16.3. The highest BCUT2D eigenvalue weighted by molar-refractivity contribution is 6.03. The molecule has 8 heteroatoms. The smallest absolute Gasteiger partial charge is 0.256 e. The number of H-pyrrole nitrogens is 1. The Kier molecular flexibility index (Phi) is 3.20. The van der Waals surface area contributed by atoms with Crippen molar-refractivity contribution in [2.24, 2.45) is 0 Å². The Hall–Kier alpha value is -3.68. The number of nitrogens with one attached hydrogen (secondary N) is 2. The van der Waals surface area contributed by atoms with E-state index in [1.807, 2.05) is 6.07 Å². The van der Waals surface area contributed by atoms with Crippen molar-refractivity contribution in [2.75, 3.05) is 5.32 Å². The number of amides is 1. The van der Waals surface area contributed by atoms with Crippen molar-refractivity contribution >= 4 is 17.5 Å². The number of carbonyl (C=O) groups excluding carboxylic acids is 1. The lowest BCUT2D eigenvalue weighted by atomic mass is 10.2. The predicted octanol–water partition coefficient (Wildman–Crippen LogP) is 1.93. The van der Waals surface area contributed by atoms with E-state index in [1.54, 1.807) is 36.4 Å². The fourth-order valence-corrected chi connectivity index (χ4v) is 2.27. The minimum absolute atomic E-state index is 0.206. The normalized spacial score (nSPS) is 10.8. The SMILES string of the molecule is O=C(Nc1cc(=O)[nH]c2nc(-c3ccco3)nn12)c1ccccc1. The number of furan rings is 1. The first kappa shape index (κ1) is 13.9. The van der Waals surface area contributed by atoms with Crippen molar-refractivity contribution in [3.05, 3.63) is 70.7 Å². The van der Waals surface area contributed by atoms with E-state index >= 15 is 0 Å². The molecule has 0 radical (unpaired) electrons. The number of rotatable bonds is 3. The van der Waals surface area contributed by atoms with Crippen molar-refractivity contribution in [1.29, 1.82) is 0 Å². The maximum atomic E-state index is 12.3. The van der Waals surface area contributed by atoms with E-state index in [4.69, 9.17) is 4.42 Å². The Bertz CT molecular complexity index is 1060. The van der Waals surface area contributed by atoms with Gasteiger partial charge in [-0.25, -0.2) is 0 Å². The molecular weight excluding hydrogens is 310 g/mol. The number of hydrogen-bond acceptors (Lipinski definition) is 5. The highest BCUT2D eigenvalue weighted by Crippen LogP contribution is 2.17. The summed E-state index contributed by atoms with van der Waals surface area (Å²) in [4.78, 5) is 30.9. The predicted molar refractivity (Wildman–Crippen MR) is 85.7 cm³/mol. The Morgan fingerprint density at radius 2 is 2.00 bits per heavy atom. The molecule has 0 unspecified atom stereocenters. The van der Waals surface area contributed by atoms with Gasteiger partial charge in [-0.1, -0.05) is 18.2 Å². The molecule has 1 amide bonds. The van der Waals surface area contributed by atoms with Crippen LogP contribution >= 0.6 is 0 Å². The summed E-state index contributed by atoms with van der Waals surface area (Å²) in [6.45, 7) is 0. The molecule has 0 aliphatic heterocycles. The number of carbonyl (C=O) groups is 1. The van der Waals surface area contributed by atoms with Gasteiger partial charge in [0.1, 0.15) is 5.82 Å². The zero-order valence-corrected chi connectivity index (χ0v) is 12.3. The van der Waals surface area contributed by atoms with E-state index in [0.29, 0.717) is 17.1 Å². The molecule has 0 spiro atoms. The molecule has 4 aromatic rings. The van der Waals surface area contributed by atoms with Crippen molar-refractivity contribution in [1.82, 2.24) is 19.6 Å². The molecule has 0 aliphatic carbocycles. The van der Waals surface area contributed by atoms with Crippen LogP contribution in [0.2, 0.25) is 0 Å². The molecule has 0 fully saturated rings. The second-order valence-electron chi connectivity index (χ2n) is 4.99. The third-order valence-corrected chi connectivity index (χ3v) is 3.36. The first-order chi connectivity index (χ1) is 11.7. The number of benzene rings is 1. The lowest BCUT2D eigenvalue weighted by molar-refractivity contribution is 0.102. The number of nitrogens with zero attached hydrogens (tertiary/aromatic N) is 3. The molecule has 24 heavy (non-hydrogen) atoms. The number of aromatic nitrogens is 4. The number of fused-ring (bicyclic) bond motifs is 1. The van der Waals surface area contributed by atoms with Gasteiger partial charge >= 0.3 is 0 Å².